The van der Waals surface area contributed by atoms with E-state index in [1.807, 2.05) is 0 Å². The van der Waals surface area contributed by atoms with E-state index in [9.17, 15) is 23.2 Å². The molecule has 21 heavy (non-hydrogen) atoms. The van der Waals surface area contributed by atoms with Gasteiger partial charge in [-0.25, -0.2) is 0 Å². The van der Waals surface area contributed by atoms with Crippen LogP contribution in [-0.4, -0.2) is 27.1 Å². The van der Waals surface area contributed by atoms with Gasteiger partial charge in [0.2, 0.25) is 0 Å². The molecule has 1 unspecified atom stereocenters. The highest BCUT2D eigenvalue weighted by atomic mass is 79.9. The van der Waals surface area contributed by atoms with Gasteiger partial charge in [0, 0.05) is 22.5 Å². The van der Waals surface area contributed by atoms with Gasteiger partial charge in [-0.3, -0.25) is 4.79 Å². The van der Waals surface area contributed by atoms with Crippen molar-refractivity contribution in [2.24, 2.45) is 5.73 Å². The lowest BCUT2D eigenvalue weighted by molar-refractivity contribution is -0.138. The van der Waals surface area contributed by atoms with E-state index in [1.54, 1.807) is 0 Å². The summed E-state index contributed by atoms with van der Waals surface area (Å²) in [4.78, 5) is 10.8. The van der Waals surface area contributed by atoms with E-state index in [-0.39, 0.29) is 27.4 Å². The number of carbonyl (C=O) groups is 1. The smallest absolute Gasteiger partial charge is 0.417 e. The SMILES string of the molecule is NC(Cc1cn(O)c2c(Br)ccc(C(F)(F)F)c12)C(=O)O. The monoisotopic (exact) mass is 366 g/mol. The van der Waals surface area contributed by atoms with E-state index >= 15 is 0 Å². The zero-order chi connectivity index (χ0) is 15.9. The Hall–Kier alpha value is -1.74. The Kier molecular flexibility index (Phi) is 3.89. The molecule has 0 aliphatic rings. The van der Waals surface area contributed by atoms with Crippen molar-refractivity contribution in [1.29, 1.82) is 0 Å². The minimum absolute atomic E-state index is 0.0102. The van der Waals surface area contributed by atoms with Crippen LogP contribution in [-0.2, 0) is 17.4 Å². The largest absolute Gasteiger partial charge is 0.480 e. The molecule has 1 aromatic heterocycles. The molecule has 114 valence electrons. The van der Waals surface area contributed by atoms with Gasteiger partial charge in [0.15, 0.2) is 0 Å². The molecule has 5 nitrogen and oxygen atoms in total. The van der Waals surface area contributed by atoms with Gasteiger partial charge in [0.1, 0.15) is 11.6 Å². The number of nitrogens with two attached hydrogens (primary N) is 1. The van der Waals surface area contributed by atoms with Gasteiger partial charge in [-0.2, -0.15) is 17.9 Å². The van der Waals surface area contributed by atoms with Crippen LogP contribution in [0, 0.1) is 0 Å². The molecule has 1 aromatic carbocycles. The molecule has 1 atom stereocenters. The maximum Gasteiger partial charge on any atom is 0.417 e. The van der Waals surface area contributed by atoms with Crippen molar-refractivity contribution in [3.8, 4) is 0 Å². The van der Waals surface area contributed by atoms with Crippen molar-refractivity contribution in [3.63, 3.8) is 0 Å². The van der Waals surface area contributed by atoms with Crippen LogP contribution in [0.3, 0.4) is 0 Å². The summed E-state index contributed by atoms with van der Waals surface area (Å²) in [6, 6.07) is 0.664. The van der Waals surface area contributed by atoms with Crippen LogP contribution in [0.2, 0.25) is 0 Å². The summed E-state index contributed by atoms with van der Waals surface area (Å²) in [6.07, 6.45) is -3.94. The number of aliphatic carboxylic acids is 1. The minimum atomic E-state index is -4.64. The van der Waals surface area contributed by atoms with Crippen LogP contribution in [0.15, 0.2) is 22.8 Å². The highest BCUT2D eigenvalue weighted by Gasteiger charge is 2.35. The first-order chi connectivity index (χ1) is 9.62. The number of halogens is 4. The lowest BCUT2D eigenvalue weighted by Crippen LogP contribution is -2.32. The molecule has 2 rings (SSSR count). The average molecular weight is 367 g/mol. The fourth-order valence-corrected chi connectivity index (χ4v) is 2.62. The maximum atomic E-state index is 13.1. The standard InChI is InChI=1S/C12H10BrF3N2O3/c13-7-2-1-6(12(14,15)16)9-5(3-8(17)11(19)20)4-18(21)10(7)9/h1-2,4,8,21H,3,17H2,(H,19,20). The summed E-state index contributed by atoms with van der Waals surface area (Å²) in [6.45, 7) is 0. The van der Waals surface area contributed by atoms with Crippen molar-refractivity contribution in [2.45, 2.75) is 18.6 Å². The number of rotatable bonds is 3. The third-order valence-corrected chi connectivity index (χ3v) is 3.66. The molecule has 0 aliphatic heterocycles. The number of carboxylic acids is 1. The molecule has 2 aromatic rings. The first-order valence-corrected chi connectivity index (χ1v) is 6.49. The number of nitrogens with zero attached hydrogens (tertiary/aromatic N) is 1. The Morgan fingerprint density at radius 1 is 1.43 bits per heavy atom. The van der Waals surface area contributed by atoms with Crippen molar-refractivity contribution in [1.82, 2.24) is 4.73 Å². The molecule has 0 aliphatic carbocycles. The molecule has 0 fully saturated rings. The van der Waals surface area contributed by atoms with Gasteiger partial charge < -0.3 is 16.0 Å². The van der Waals surface area contributed by atoms with Gasteiger partial charge in [0.05, 0.1) is 5.56 Å². The highest BCUT2D eigenvalue weighted by Crippen LogP contribution is 2.39. The second-order valence-corrected chi connectivity index (χ2v) is 5.32. The van der Waals surface area contributed by atoms with Crippen LogP contribution in [0.4, 0.5) is 13.2 Å². The van der Waals surface area contributed by atoms with E-state index in [0.29, 0.717) is 4.73 Å². The van der Waals surface area contributed by atoms with Crippen LogP contribution in [0.25, 0.3) is 10.9 Å². The second-order valence-electron chi connectivity index (χ2n) is 4.46. The fourth-order valence-electron chi connectivity index (χ4n) is 2.11. The van der Waals surface area contributed by atoms with E-state index in [2.05, 4.69) is 15.9 Å². The number of hydrogen-bond acceptors (Lipinski definition) is 3. The summed E-state index contributed by atoms with van der Waals surface area (Å²) in [5, 5.41) is 18.3. The normalized spacial score (nSPS) is 13.6. The molecule has 0 saturated carbocycles. The zero-order valence-corrected chi connectivity index (χ0v) is 11.9. The van der Waals surface area contributed by atoms with Gasteiger partial charge >= 0.3 is 12.1 Å². The van der Waals surface area contributed by atoms with Gasteiger partial charge in [-0.05, 0) is 33.6 Å². The Morgan fingerprint density at radius 2 is 2.05 bits per heavy atom. The second kappa shape index (κ2) is 5.23. The molecular weight excluding hydrogens is 357 g/mol. The first kappa shape index (κ1) is 15.6. The molecule has 1 heterocycles. The lowest BCUT2D eigenvalue weighted by atomic mass is 10.0. The summed E-state index contributed by atoms with van der Waals surface area (Å²) >= 11 is 3.06. The summed E-state index contributed by atoms with van der Waals surface area (Å²) < 4.78 is 40.0. The number of fused-ring (bicyclic) bond motifs is 1. The molecule has 0 radical (unpaired) electrons. The zero-order valence-electron chi connectivity index (χ0n) is 10.4. The quantitative estimate of drug-likeness (QED) is 0.728. The van der Waals surface area contributed by atoms with Crippen LogP contribution >= 0.6 is 15.9 Å². The highest BCUT2D eigenvalue weighted by molar-refractivity contribution is 9.10. The van der Waals surface area contributed by atoms with Crippen molar-refractivity contribution < 1.29 is 28.3 Å². The molecule has 0 amide bonds. The molecule has 0 bridgehead atoms. The maximum absolute atomic E-state index is 13.1. The molecule has 0 spiro atoms. The Bertz CT molecular complexity index is 712. The van der Waals surface area contributed by atoms with Gasteiger partial charge in [-0.1, -0.05) is 0 Å². The summed E-state index contributed by atoms with van der Waals surface area (Å²) in [5.74, 6) is -1.34. The molecule has 0 saturated heterocycles. The van der Waals surface area contributed by atoms with Gasteiger partial charge in [0.25, 0.3) is 0 Å². The van der Waals surface area contributed by atoms with E-state index in [1.165, 1.54) is 6.07 Å². The van der Waals surface area contributed by atoms with Crippen LogP contribution in [0.1, 0.15) is 11.1 Å². The Balaban J connectivity index is 2.72. The Morgan fingerprint density at radius 3 is 2.57 bits per heavy atom. The van der Waals surface area contributed by atoms with Crippen molar-refractivity contribution >= 4 is 32.8 Å². The van der Waals surface area contributed by atoms with E-state index < -0.39 is 23.8 Å². The predicted molar refractivity (Wildman–Crippen MR) is 71.1 cm³/mol. The summed E-state index contributed by atoms with van der Waals surface area (Å²) in [5.41, 5.74) is 4.33. The van der Waals surface area contributed by atoms with E-state index in [0.717, 1.165) is 12.3 Å². The molecular formula is C12H10BrF3N2O3. The topological polar surface area (TPSA) is 88.5 Å². The Labute approximate surface area is 124 Å². The lowest BCUT2D eigenvalue weighted by Gasteiger charge is -2.11. The number of benzene rings is 1. The van der Waals surface area contributed by atoms with Crippen molar-refractivity contribution in [2.75, 3.05) is 0 Å². The third-order valence-electron chi connectivity index (χ3n) is 3.02. The first-order valence-electron chi connectivity index (χ1n) is 5.70. The summed E-state index contributed by atoms with van der Waals surface area (Å²) in [7, 11) is 0. The number of alkyl halides is 3. The van der Waals surface area contributed by atoms with Crippen LogP contribution in [0.5, 0.6) is 0 Å². The predicted octanol–water partition coefficient (Wildman–Crippen LogP) is 2.61. The van der Waals surface area contributed by atoms with Gasteiger partial charge in [-0.15, -0.1) is 0 Å². The molecule has 4 N–H and O–H groups in total. The van der Waals surface area contributed by atoms with Crippen molar-refractivity contribution in [3.05, 3.63) is 33.9 Å². The third kappa shape index (κ3) is 2.84. The minimum Gasteiger partial charge on any atom is -0.480 e. The van der Waals surface area contributed by atoms with E-state index in [4.69, 9.17) is 10.8 Å². The number of aromatic nitrogens is 1. The average Bonchev–Trinajstić information content (AvgIpc) is 2.66. The van der Waals surface area contributed by atoms with Crippen LogP contribution < -0.4 is 5.73 Å². The molecule has 9 heteroatoms. The fraction of sp³-hybridized carbons (Fsp3) is 0.250. The number of hydrogen-bond donors (Lipinski definition) is 3. The number of carboxylic acid groups (broad SMARTS) is 1.